The zero-order valence-electron chi connectivity index (χ0n) is 22.2. The molecule has 1 aromatic heterocycles. The van der Waals surface area contributed by atoms with E-state index in [9.17, 15) is 18.4 Å². The average molecular weight is 552 g/mol. The van der Waals surface area contributed by atoms with Crippen molar-refractivity contribution in [1.29, 1.82) is 0 Å². The first kappa shape index (κ1) is 26.4. The van der Waals surface area contributed by atoms with Gasteiger partial charge in [-0.15, -0.1) is 0 Å². The van der Waals surface area contributed by atoms with Crippen LogP contribution in [0.1, 0.15) is 49.1 Å². The lowest BCUT2D eigenvalue weighted by atomic mass is 9.78. The van der Waals surface area contributed by atoms with Crippen LogP contribution in [0.5, 0.6) is 5.75 Å². The molecule has 3 aromatic rings. The SMILES string of the molecule is C/N=C/C1(NC(=O)C2(NC(=O)c3cc4ccc(-c5ccc(OC6COC6)cc5)cc4o3)CCC(F)(F)CC2)CC1. The van der Waals surface area contributed by atoms with E-state index in [1.54, 1.807) is 19.3 Å². The first-order valence-electron chi connectivity index (χ1n) is 13.5. The summed E-state index contributed by atoms with van der Waals surface area (Å²) in [4.78, 5) is 30.8. The Kier molecular flexibility index (Phi) is 6.60. The third kappa shape index (κ3) is 5.32. The molecule has 3 fully saturated rings. The van der Waals surface area contributed by atoms with Crippen LogP contribution in [-0.4, -0.2) is 61.4 Å². The number of ether oxygens (including phenoxy) is 2. The number of nitrogens with one attached hydrogen (secondary N) is 2. The fourth-order valence-corrected chi connectivity index (χ4v) is 5.27. The summed E-state index contributed by atoms with van der Waals surface area (Å²) in [6.07, 6.45) is 1.86. The van der Waals surface area contributed by atoms with Gasteiger partial charge < -0.3 is 24.5 Å². The van der Waals surface area contributed by atoms with E-state index in [0.717, 1.165) is 16.9 Å². The van der Waals surface area contributed by atoms with Crippen LogP contribution in [0.4, 0.5) is 8.78 Å². The summed E-state index contributed by atoms with van der Waals surface area (Å²) in [6, 6.07) is 14.9. The number of nitrogens with zero attached hydrogens (tertiary/aromatic N) is 1. The molecule has 0 radical (unpaired) electrons. The zero-order valence-corrected chi connectivity index (χ0v) is 22.2. The molecule has 3 aliphatic rings. The molecule has 0 bridgehead atoms. The summed E-state index contributed by atoms with van der Waals surface area (Å²) >= 11 is 0. The third-order valence-corrected chi connectivity index (χ3v) is 7.99. The molecule has 10 heteroatoms. The van der Waals surface area contributed by atoms with Gasteiger partial charge in [-0.3, -0.25) is 14.6 Å². The number of amides is 2. The highest BCUT2D eigenvalue weighted by Crippen LogP contribution is 2.41. The summed E-state index contributed by atoms with van der Waals surface area (Å²) in [5.41, 5.74) is 0.305. The number of aliphatic imine (C=N–C) groups is 1. The molecule has 0 unspecified atom stereocenters. The van der Waals surface area contributed by atoms with Crippen molar-refractivity contribution in [2.24, 2.45) is 4.99 Å². The highest BCUT2D eigenvalue weighted by atomic mass is 19.3. The van der Waals surface area contributed by atoms with Gasteiger partial charge in [0.2, 0.25) is 11.8 Å². The van der Waals surface area contributed by atoms with Crippen molar-refractivity contribution in [3.05, 3.63) is 54.3 Å². The number of rotatable bonds is 8. The number of benzene rings is 2. The lowest BCUT2D eigenvalue weighted by Gasteiger charge is -2.39. The monoisotopic (exact) mass is 551 g/mol. The summed E-state index contributed by atoms with van der Waals surface area (Å²) in [6.45, 7) is 1.19. The summed E-state index contributed by atoms with van der Waals surface area (Å²) in [7, 11) is 1.62. The fourth-order valence-electron chi connectivity index (χ4n) is 5.27. The second-order valence-electron chi connectivity index (χ2n) is 11.1. The molecular weight excluding hydrogens is 520 g/mol. The molecule has 2 aromatic carbocycles. The fraction of sp³-hybridized carbons (Fsp3) is 0.433. The zero-order chi connectivity index (χ0) is 28.0. The number of fused-ring (bicyclic) bond motifs is 1. The highest BCUT2D eigenvalue weighted by molar-refractivity contribution is 6.01. The number of carbonyl (C=O) groups is 2. The Hall–Kier alpha value is -3.79. The molecule has 210 valence electrons. The standard InChI is InChI=1S/C30H31F2N3O5/c1-33-18-28(8-9-28)35-27(37)29(10-12-30(31,32)13-11-29)34-26(36)25-15-21-3-2-20(14-24(21)40-25)19-4-6-22(7-5-19)39-23-16-38-17-23/h2-7,14-15,18,23H,8-13,16-17H2,1H3,(H,34,36)(H,35,37)/b33-18+. The van der Waals surface area contributed by atoms with Crippen molar-refractivity contribution < 1.29 is 32.3 Å². The van der Waals surface area contributed by atoms with Gasteiger partial charge in [0, 0.05) is 31.5 Å². The molecule has 0 atom stereocenters. The molecule has 6 rings (SSSR count). The summed E-state index contributed by atoms with van der Waals surface area (Å²) in [5, 5.41) is 6.43. The van der Waals surface area contributed by atoms with Crippen LogP contribution in [0.15, 0.2) is 57.9 Å². The largest absolute Gasteiger partial charge is 0.486 e. The van der Waals surface area contributed by atoms with E-state index in [-0.39, 0.29) is 24.7 Å². The number of furan rings is 1. The van der Waals surface area contributed by atoms with Crippen LogP contribution < -0.4 is 15.4 Å². The molecule has 8 nitrogen and oxygen atoms in total. The van der Waals surface area contributed by atoms with Gasteiger partial charge in [-0.05, 0) is 61.1 Å². The number of halogens is 2. The Balaban J connectivity index is 1.20. The maximum Gasteiger partial charge on any atom is 0.287 e. The molecule has 1 aliphatic heterocycles. The normalized spacial score (nSPS) is 21.1. The van der Waals surface area contributed by atoms with Gasteiger partial charge in [0.1, 0.15) is 23.0 Å². The Morgan fingerprint density at radius 1 is 0.950 bits per heavy atom. The molecule has 2 amide bonds. The van der Waals surface area contributed by atoms with Gasteiger partial charge in [-0.2, -0.15) is 0 Å². The van der Waals surface area contributed by atoms with Gasteiger partial charge in [-0.1, -0.05) is 24.3 Å². The Morgan fingerprint density at radius 3 is 2.27 bits per heavy atom. The molecule has 1 saturated heterocycles. The van der Waals surface area contributed by atoms with Gasteiger partial charge in [0.25, 0.3) is 5.91 Å². The van der Waals surface area contributed by atoms with Crippen molar-refractivity contribution in [1.82, 2.24) is 10.6 Å². The topological polar surface area (TPSA) is 102 Å². The molecule has 2 saturated carbocycles. The van der Waals surface area contributed by atoms with E-state index in [0.29, 0.717) is 37.0 Å². The predicted octanol–water partition coefficient (Wildman–Crippen LogP) is 4.90. The van der Waals surface area contributed by atoms with Crippen LogP contribution in [0.25, 0.3) is 22.1 Å². The van der Waals surface area contributed by atoms with Gasteiger partial charge in [-0.25, -0.2) is 8.78 Å². The first-order valence-corrected chi connectivity index (χ1v) is 13.5. The highest BCUT2D eigenvalue weighted by Gasteiger charge is 2.52. The second kappa shape index (κ2) is 9.99. The van der Waals surface area contributed by atoms with E-state index in [1.807, 2.05) is 42.5 Å². The summed E-state index contributed by atoms with van der Waals surface area (Å²) in [5.74, 6) is -3.18. The van der Waals surface area contributed by atoms with Crippen molar-refractivity contribution in [3.8, 4) is 16.9 Å². The Labute approximate surface area is 230 Å². The lowest BCUT2D eigenvalue weighted by Crippen LogP contribution is -2.63. The maximum atomic E-state index is 14.1. The van der Waals surface area contributed by atoms with Crippen molar-refractivity contribution in [2.45, 2.75) is 61.6 Å². The molecule has 40 heavy (non-hydrogen) atoms. The number of carbonyl (C=O) groups excluding carboxylic acids is 2. The lowest BCUT2D eigenvalue weighted by molar-refractivity contribution is -0.133. The second-order valence-corrected chi connectivity index (χ2v) is 11.1. The number of hydrogen-bond donors (Lipinski definition) is 2. The Bertz CT molecular complexity index is 1450. The van der Waals surface area contributed by atoms with Gasteiger partial charge >= 0.3 is 0 Å². The smallest absolute Gasteiger partial charge is 0.287 e. The third-order valence-electron chi connectivity index (χ3n) is 7.99. The maximum absolute atomic E-state index is 14.1. The van der Waals surface area contributed by atoms with Gasteiger partial charge in [0.05, 0.1) is 18.8 Å². The van der Waals surface area contributed by atoms with E-state index in [1.165, 1.54) is 0 Å². The average Bonchev–Trinajstić information content (AvgIpc) is 3.52. The quantitative estimate of drug-likeness (QED) is 0.388. The molecular formula is C30H31F2N3O5. The minimum absolute atomic E-state index is 0.0133. The van der Waals surface area contributed by atoms with Crippen molar-refractivity contribution in [3.63, 3.8) is 0 Å². The molecule has 2 aliphatic carbocycles. The molecule has 0 spiro atoms. The van der Waals surface area contributed by atoms with E-state index < -0.39 is 41.7 Å². The minimum atomic E-state index is -2.87. The number of alkyl halides is 2. The molecule has 2 N–H and O–H groups in total. The van der Waals surface area contributed by atoms with Gasteiger partial charge in [0.15, 0.2) is 5.76 Å². The van der Waals surface area contributed by atoms with Crippen LogP contribution in [0.2, 0.25) is 0 Å². The van der Waals surface area contributed by atoms with Crippen LogP contribution >= 0.6 is 0 Å². The van der Waals surface area contributed by atoms with Crippen LogP contribution in [0, 0.1) is 0 Å². The Morgan fingerprint density at radius 2 is 1.65 bits per heavy atom. The first-order chi connectivity index (χ1) is 19.2. The van der Waals surface area contributed by atoms with Crippen molar-refractivity contribution in [2.75, 3.05) is 20.3 Å². The van der Waals surface area contributed by atoms with E-state index in [4.69, 9.17) is 13.9 Å². The number of hydrogen-bond acceptors (Lipinski definition) is 6. The predicted molar refractivity (Wildman–Crippen MR) is 145 cm³/mol. The minimum Gasteiger partial charge on any atom is -0.486 e. The molecule has 2 heterocycles. The van der Waals surface area contributed by atoms with Crippen LogP contribution in [0.3, 0.4) is 0 Å². The van der Waals surface area contributed by atoms with Crippen molar-refractivity contribution >= 4 is 29.0 Å². The summed E-state index contributed by atoms with van der Waals surface area (Å²) < 4.78 is 45.0. The van der Waals surface area contributed by atoms with E-state index in [2.05, 4.69) is 15.6 Å². The van der Waals surface area contributed by atoms with E-state index >= 15 is 0 Å². The van der Waals surface area contributed by atoms with Crippen LogP contribution in [-0.2, 0) is 9.53 Å².